The quantitative estimate of drug-likeness (QED) is 0.763. The van der Waals surface area contributed by atoms with Gasteiger partial charge < -0.3 is 9.47 Å². The molecule has 0 N–H and O–H groups in total. The molecule has 0 radical (unpaired) electrons. The standard InChI is InChI=1S/C19H21NO4/c1-13-11-17(12-23-14(2)21)19(24-15(3)22)18(20-13)10-9-16-7-5-4-6-8-16/h4-8,11H,9-10,12H2,1-3H3. The first kappa shape index (κ1) is 17.7. The summed E-state index contributed by atoms with van der Waals surface area (Å²) in [6.07, 6.45) is 1.40. The van der Waals surface area contributed by atoms with Gasteiger partial charge >= 0.3 is 11.9 Å². The number of carbonyl (C=O) groups excluding carboxylic acids is 2. The first-order valence-corrected chi connectivity index (χ1v) is 7.81. The molecule has 0 fully saturated rings. The van der Waals surface area contributed by atoms with Crippen molar-refractivity contribution in [1.29, 1.82) is 0 Å². The molecule has 0 aliphatic rings. The number of aromatic nitrogens is 1. The predicted octanol–water partition coefficient (Wildman–Crippen LogP) is 3.16. The highest BCUT2D eigenvalue weighted by molar-refractivity contribution is 5.70. The molecule has 0 amide bonds. The number of rotatable bonds is 6. The second-order valence-electron chi connectivity index (χ2n) is 5.56. The van der Waals surface area contributed by atoms with E-state index in [1.165, 1.54) is 19.4 Å². The molecule has 0 spiro atoms. The summed E-state index contributed by atoms with van der Waals surface area (Å²) in [5, 5.41) is 0. The van der Waals surface area contributed by atoms with Gasteiger partial charge in [-0.05, 0) is 31.4 Å². The van der Waals surface area contributed by atoms with Gasteiger partial charge in [0.15, 0.2) is 5.75 Å². The zero-order chi connectivity index (χ0) is 17.5. The number of benzene rings is 1. The fourth-order valence-electron chi connectivity index (χ4n) is 2.43. The van der Waals surface area contributed by atoms with Crippen molar-refractivity contribution in [3.05, 3.63) is 58.9 Å². The average molecular weight is 327 g/mol. The summed E-state index contributed by atoms with van der Waals surface area (Å²) >= 11 is 0. The Hall–Kier alpha value is -2.69. The number of pyridine rings is 1. The molecule has 126 valence electrons. The molecule has 1 aromatic heterocycles. The minimum absolute atomic E-state index is 0.0552. The molecule has 2 rings (SSSR count). The molecule has 0 saturated heterocycles. The topological polar surface area (TPSA) is 65.5 Å². The van der Waals surface area contributed by atoms with Crippen LogP contribution in [0.15, 0.2) is 36.4 Å². The smallest absolute Gasteiger partial charge is 0.308 e. The van der Waals surface area contributed by atoms with Crippen LogP contribution in [-0.4, -0.2) is 16.9 Å². The molecule has 0 bridgehead atoms. The van der Waals surface area contributed by atoms with Crippen LogP contribution in [0.5, 0.6) is 5.75 Å². The van der Waals surface area contributed by atoms with Gasteiger partial charge in [0.05, 0.1) is 5.69 Å². The van der Waals surface area contributed by atoms with Crippen LogP contribution in [0.2, 0.25) is 0 Å². The van der Waals surface area contributed by atoms with Gasteiger partial charge in [0, 0.05) is 25.1 Å². The summed E-state index contributed by atoms with van der Waals surface area (Å²) in [6, 6.07) is 11.8. The van der Waals surface area contributed by atoms with Gasteiger partial charge in [-0.2, -0.15) is 0 Å². The number of nitrogens with zero attached hydrogens (tertiary/aromatic N) is 1. The van der Waals surface area contributed by atoms with E-state index in [1.54, 1.807) is 6.07 Å². The van der Waals surface area contributed by atoms with E-state index < -0.39 is 5.97 Å². The molecule has 0 unspecified atom stereocenters. The van der Waals surface area contributed by atoms with E-state index in [0.29, 0.717) is 23.4 Å². The summed E-state index contributed by atoms with van der Waals surface area (Å²) in [7, 11) is 0. The van der Waals surface area contributed by atoms with Crippen LogP contribution in [0.25, 0.3) is 0 Å². The maximum Gasteiger partial charge on any atom is 0.308 e. The van der Waals surface area contributed by atoms with Crippen LogP contribution in [0.1, 0.15) is 36.4 Å². The SMILES string of the molecule is CC(=O)OCc1cc(C)nc(CCc2ccccc2)c1OC(C)=O. The highest BCUT2D eigenvalue weighted by Crippen LogP contribution is 2.26. The number of carbonyl (C=O) groups is 2. The molecular formula is C19H21NO4. The third-order valence-corrected chi connectivity index (χ3v) is 3.42. The predicted molar refractivity (Wildman–Crippen MR) is 89.6 cm³/mol. The number of hydrogen-bond acceptors (Lipinski definition) is 5. The van der Waals surface area contributed by atoms with E-state index in [0.717, 1.165) is 12.1 Å². The van der Waals surface area contributed by atoms with Crippen molar-refractivity contribution in [3.8, 4) is 5.75 Å². The van der Waals surface area contributed by atoms with Crippen LogP contribution in [0.3, 0.4) is 0 Å². The Morgan fingerprint density at radius 3 is 2.38 bits per heavy atom. The Morgan fingerprint density at radius 2 is 1.75 bits per heavy atom. The first-order valence-electron chi connectivity index (χ1n) is 7.81. The van der Waals surface area contributed by atoms with Gasteiger partial charge in [-0.1, -0.05) is 30.3 Å². The van der Waals surface area contributed by atoms with Gasteiger partial charge in [0.1, 0.15) is 6.61 Å². The van der Waals surface area contributed by atoms with Crippen molar-refractivity contribution < 1.29 is 19.1 Å². The molecule has 0 aliphatic carbocycles. The average Bonchev–Trinajstić information content (AvgIpc) is 2.53. The van der Waals surface area contributed by atoms with E-state index in [2.05, 4.69) is 4.98 Å². The van der Waals surface area contributed by atoms with Crippen LogP contribution < -0.4 is 4.74 Å². The number of aryl methyl sites for hydroxylation is 3. The van der Waals surface area contributed by atoms with Crippen LogP contribution >= 0.6 is 0 Å². The number of esters is 2. The number of ether oxygens (including phenoxy) is 2. The minimum Gasteiger partial charge on any atom is -0.461 e. The Labute approximate surface area is 141 Å². The lowest BCUT2D eigenvalue weighted by molar-refractivity contribution is -0.142. The maximum absolute atomic E-state index is 11.5. The highest BCUT2D eigenvalue weighted by atomic mass is 16.5. The van der Waals surface area contributed by atoms with E-state index >= 15 is 0 Å². The Kier molecular flexibility index (Phi) is 6.07. The lowest BCUT2D eigenvalue weighted by Crippen LogP contribution is -2.11. The largest absolute Gasteiger partial charge is 0.461 e. The van der Waals surface area contributed by atoms with Crippen LogP contribution in [-0.2, 0) is 33.8 Å². The molecule has 5 heteroatoms. The molecular weight excluding hydrogens is 306 g/mol. The molecule has 24 heavy (non-hydrogen) atoms. The molecule has 0 aliphatic heterocycles. The van der Waals surface area contributed by atoms with Crippen molar-refractivity contribution in [2.24, 2.45) is 0 Å². The van der Waals surface area contributed by atoms with E-state index in [4.69, 9.17) is 9.47 Å². The van der Waals surface area contributed by atoms with Crippen molar-refractivity contribution >= 4 is 11.9 Å². The second kappa shape index (κ2) is 8.24. The molecule has 2 aromatic rings. The number of hydrogen-bond donors (Lipinski definition) is 0. The third kappa shape index (κ3) is 5.19. The van der Waals surface area contributed by atoms with E-state index in [-0.39, 0.29) is 12.6 Å². The van der Waals surface area contributed by atoms with E-state index in [1.807, 2.05) is 37.3 Å². The Balaban J connectivity index is 2.29. The molecule has 5 nitrogen and oxygen atoms in total. The maximum atomic E-state index is 11.5. The highest BCUT2D eigenvalue weighted by Gasteiger charge is 2.16. The summed E-state index contributed by atoms with van der Waals surface area (Å²) in [6.45, 7) is 4.60. The van der Waals surface area contributed by atoms with Gasteiger partial charge in [0.25, 0.3) is 0 Å². The fraction of sp³-hybridized carbons (Fsp3) is 0.316. The summed E-state index contributed by atoms with van der Waals surface area (Å²) in [5.41, 5.74) is 3.30. The van der Waals surface area contributed by atoms with Gasteiger partial charge in [-0.3, -0.25) is 14.6 Å². The van der Waals surface area contributed by atoms with Crippen molar-refractivity contribution in [2.75, 3.05) is 0 Å². The normalized spacial score (nSPS) is 10.3. The van der Waals surface area contributed by atoms with Crippen LogP contribution in [0.4, 0.5) is 0 Å². The van der Waals surface area contributed by atoms with E-state index in [9.17, 15) is 9.59 Å². The van der Waals surface area contributed by atoms with Crippen molar-refractivity contribution in [1.82, 2.24) is 4.98 Å². The molecule has 1 aromatic carbocycles. The summed E-state index contributed by atoms with van der Waals surface area (Å²) in [5.74, 6) is -0.417. The van der Waals surface area contributed by atoms with Crippen LogP contribution in [0, 0.1) is 6.92 Å². The molecule has 0 atom stereocenters. The van der Waals surface area contributed by atoms with Gasteiger partial charge in [-0.15, -0.1) is 0 Å². The second-order valence-corrected chi connectivity index (χ2v) is 5.56. The molecule has 0 saturated carbocycles. The first-order chi connectivity index (χ1) is 11.5. The zero-order valence-corrected chi connectivity index (χ0v) is 14.2. The van der Waals surface area contributed by atoms with Gasteiger partial charge in [0.2, 0.25) is 0 Å². The Bertz CT molecular complexity index is 726. The summed E-state index contributed by atoms with van der Waals surface area (Å²) in [4.78, 5) is 27.1. The monoisotopic (exact) mass is 327 g/mol. The lowest BCUT2D eigenvalue weighted by atomic mass is 10.1. The summed E-state index contributed by atoms with van der Waals surface area (Å²) < 4.78 is 10.4. The zero-order valence-electron chi connectivity index (χ0n) is 14.2. The van der Waals surface area contributed by atoms with Gasteiger partial charge in [-0.25, -0.2) is 0 Å². The fourth-order valence-corrected chi connectivity index (χ4v) is 2.43. The third-order valence-electron chi connectivity index (χ3n) is 3.42. The van der Waals surface area contributed by atoms with Crippen molar-refractivity contribution in [2.45, 2.75) is 40.2 Å². The van der Waals surface area contributed by atoms with Crippen molar-refractivity contribution in [3.63, 3.8) is 0 Å². The lowest BCUT2D eigenvalue weighted by Gasteiger charge is -2.14. The molecule has 1 heterocycles. The minimum atomic E-state index is -0.425. The Morgan fingerprint density at radius 1 is 1.04 bits per heavy atom.